The van der Waals surface area contributed by atoms with E-state index in [9.17, 15) is 49.1 Å². The number of hydrogen-bond donors (Lipinski definition) is 0. The third kappa shape index (κ3) is 5.82. The molecule has 2 aliphatic carbocycles. The van der Waals surface area contributed by atoms with E-state index in [1.165, 1.54) is 51.1 Å². The SMILES string of the molecule is CC(c1nc(C2CN(C(=O)c3cnn(Cc4ccc(C(F)(F)F)cc4)c3)CC23CN(C(=O)C2(C(F)(F)F)CC2)C3)no1)n1ccc(C2(C(F)(F)F)CC2)n1. The summed E-state index contributed by atoms with van der Waals surface area (Å²) in [6.45, 7) is 1.43. The lowest BCUT2D eigenvalue weighted by atomic mass is 9.70. The van der Waals surface area contributed by atoms with Gasteiger partial charge in [-0.25, -0.2) is 0 Å². The summed E-state index contributed by atoms with van der Waals surface area (Å²) in [6, 6.07) is 4.97. The number of nitrogens with zero attached hydrogens (tertiary/aromatic N) is 8. The minimum absolute atomic E-state index is 0.00207. The Morgan fingerprint density at radius 3 is 2.17 bits per heavy atom. The summed E-state index contributed by atoms with van der Waals surface area (Å²) in [6.07, 6.45) is -10.3. The maximum Gasteiger partial charge on any atom is 0.416 e. The molecule has 11 nitrogen and oxygen atoms in total. The molecule has 1 spiro atoms. The second-order valence-electron chi connectivity index (χ2n) is 14.9. The molecule has 2 amide bonds. The van der Waals surface area contributed by atoms with Gasteiger partial charge >= 0.3 is 18.5 Å². The van der Waals surface area contributed by atoms with E-state index in [1.54, 1.807) is 6.92 Å². The van der Waals surface area contributed by atoms with E-state index in [-0.39, 0.29) is 81.4 Å². The van der Waals surface area contributed by atoms with Gasteiger partial charge in [-0.3, -0.25) is 19.0 Å². The van der Waals surface area contributed by atoms with Crippen LogP contribution in [0.2, 0.25) is 0 Å². The maximum absolute atomic E-state index is 13.8. The molecule has 4 fully saturated rings. The maximum atomic E-state index is 13.8. The van der Waals surface area contributed by atoms with Crippen molar-refractivity contribution in [3.05, 3.63) is 83.0 Å². The molecule has 54 heavy (non-hydrogen) atoms. The Hall–Kier alpha value is -4.91. The van der Waals surface area contributed by atoms with Crippen LogP contribution in [0.3, 0.4) is 0 Å². The number of benzene rings is 1. The van der Waals surface area contributed by atoms with Crippen LogP contribution >= 0.6 is 0 Å². The molecule has 8 rings (SSSR count). The highest BCUT2D eigenvalue weighted by Gasteiger charge is 2.72. The van der Waals surface area contributed by atoms with Gasteiger partial charge in [-0.15, -0.1) is 0 Å². The fourth-order valence-corrected chi connectivity index (χ4v) is 7.72. The predicted molar refractivity (Wildman–Crippen MR) is 165 cm³/mol. The van der Waals surface area contributed by atoms with E-state index in [4.69, 9.17) is 4.52 Å². The third-order valence-electron chi connectivity index (χ3n) is 11.4. The molecule has 3 aromatic heterocycles. The van der Waals surface area contributed by atoms with Crippen LogP contribution in [0.4, 0.5) is 39.5 Å². The molecule has 1 aromatic carbocycles. The Kier molecular flexibility index (Phi) is 7.88. The van der Waals surface area contributed by atoms with Crippen molar-refractivity contribution in [3.63, 3.8) is 0 Å². The molecule has 0 bridgehead atoms. The molecule has 4 aliphatic rings. The highest BCUT2D eigenvalue weighted by Crippen LogP contribution is 2.61. The Morgan fingerprint density at radius 2 is 1.57 bits per heavy atom. The first kappa shape index (κ1) is 36.1. The zero-order valence-electron chi connectivity index (χ0n) is 28.3. The molecule has 2 aliphatic heterocycles. The number of alkyl halides is 9. The highest BCUT2D eigenvalue weighted by atomic mass is 19.4. The van der Waals surface area contributed by atoms with E-state index in [0.29, 0.717) is 5.56 Å². The standard InChI is InChI=1S/C34H31F9N8O3/c1-19(51-11-6-24(46-51)30(7-8-30)33(38,39)40)26-45-25(47-54-26)23-15-48(16-29(23)17-49(18-29)28(53)31(9-10-31)34(41,42)43)27(52)21-12-44-50(14-21)13-20-2-4-22(5-3-20)32(35,36)37/h2-6,11-12,14,19,23H,7-10,13,15-18H2,1H3. The summed E-state index contributed by atoms with van der Waals surface area (Å²) < 4.78 is 130. The van der Waals surface area contributed by atoms with Crippen molar-refractivity contribution in [1.82, 2.24) is 39.5 Å². The molecular weight excluding hydrogens is 739 g/mol. The van der Waals surface area contributed by atoms with Gasteiger partial charge in [-0.2, -0.15) is 54.7 Å². The summed E-state index contributed by atoms with van der Waals surface area (Å²) in [7, 11) is 0. The zero-order chi connectivity index (χ0) is 38.6. The average Bonchev–Trinajstić information content (AvgIpc) is 3.79. The van der Waals surface area contributed by atoms with Crippen LogP contribution in [0.15, 0.2) is 53.4 Å². The van der Waals surface area contributed by atoms with Crippen LogP contribution in [0, 0.1) is 10.8 Å². The monoisotopic (exact) mass is 770 g/mol. The van der Waals surface area contributed by atoms with E-state index in [1.807, 2.05) is 0 Å². The predicted octanol–water partition coefficient (Wildman–Crippen LogP) is 6.14. The smallest absolute Gasteiger partial charge is 0.340 e. The number of carbonyl (C=O) groups excluding carboxylic acids is 2. The molecule has 288 valence electrons. The van der Waals surface area contributed by atoms with Crippen molar-refractivity contribution in [1.29, 1.82) is 0 Å². The first-order chi connectivity index (χ1) is 25.3. The lowest BCUT2D eigenvalue weighted by Gasteiger charge is -2.51. The first-order valence-corrected chi connectivity index (χ1v) is 17.1. The second-order valence-corrected chi connectivity index (χ2v) is 14.9. The summed E-state index contributed by atoms with van der Waals surface area (Å²) in [5, 5.41) is 12.5. The summed E-state index contributed by atoms with van der Waals surface area (Å²) >= 11 is 0. The largest absolute Gasteiger partial charge is 0.416 e. The van der Waals surface area contributed by atoms with Crippen molar-refractivity contribution < 1.29 is 53.6 Å². The van der Waals surface area contributed by atoms with Gasteiger partial charge in [0.1, 0.15) is 16.9 Å². The number of halogens is 9. The van der Waals surface area contributed by atoms with Gasteiger partial charge in [0, 0.05) is 44.0 Å². The molecule has 2 atom stereocenters. The van der Waals surface area contributed by atoms with Gasteiger partial charge in [-0.05, 0) is 56.4 Å². The Labute approximate surface area is 300 Å². The van der Waals surface area contributed by atoms with Crippen LogP contribution < -0.4 is 0 Å². The average molecular weight is 771 g/mol. The molecule has 4 aromatic rings. The highest BCUT2D eigenvalue weighted by molar-refractivity contribution is 5.94. The van der Waals surface area contributed by atoms with Crippen LogP contribution in [0.25, 0.3) is 0 Å². The summed E-state index contributed by atoms with van der Waals surface area (Å²) in [5.41, 5.74) is -5.67. The number of carbonyl (C=O) groups is 2. The summed E-state index contributed by atoms with van der Waals surface area (Å²) in [4.78, 5) is 34.0. The molecule has 20 heteroatoms. The zero-order valence-corrected chi connectivity index (χ0v) is 28.3. The number of aromatic nitrogens is 6. The minimum Gasteiger partial charge on any atom is -0.340 e. The molecule has 5 heterocycles. The molecule has 0 N–H and O–H groups in total. The van der Waals surface area contributed by atoms with E-state index in [0.717, 1.165) is 17.0 Å². The van der Waals surface area contributed by atoms with Gasteiger partial charge in [0.2, 0.25) is 5.91 Å². The Morgan fingerprint density at radius 1 is 0.907 bits per heavy atom. The second kappa shape index (κ2) is 11.8. The van der Waals surface area contributed by atoms with Crippen LogP contribution in [-0.4, -0.2) is 89.8 Å². The Balaban J connectivity index is 1.02. The quantitative estimate of drug-likeness (QED) is 0.198. The van der Waals surface area contributed by atoms with Gasteiger partial charge < -0.3 is 14.3 Å². The van der Waals surface area contributed by atoms with Crippen molar-refractivity contribution in [3.8, 4) is 0 Å². The lowest BCUT2D eigenvalue weighted by molar-refractivity contribution is -0.204. The van der Waals surface area contributed by atoms with Gasteiger partial charge in [0.25, 0.3) is 11.8 Å². The fraction of sp³-hybridized carbons (Fsp3) is 0.529. The topological polar surface area (TPSA) is 115 Å². The molecule has 2 saturated heterocycles. The van der Waals surface area contributed by atoms with E-state index >= 15 is 0 Å². The van der Waals surface area contributed by atoms with Crippen LogP contribution in [0.1, 0.15) is 83.5 Å². The van der Waals surface area contributed by atoms with Gasteiger partial charge in [0.05, 0.1) is 35.5 Å². The molecule has 2 unspecified atom stereocenters. The van der Waals surface area contributed by atoms with Crippen molar-refractivity contribution in [2.75, 3.05) is 26.2 Å². The van der Waals surface area contributed by atoms with Crippen molar-refractivity contribution in [2.24, 2.45) is 10.8 Å². The van der Waals surface area contributed by atoms with Crippen LogP contribution in [0.5, 0.6) is 0 Å². The number of likely N-dealkylation sites (tertiary alicyclic amines) is 2. The molecular formula is C34H31F9N8O3. The summed E-state index contributed by atoms with van der Waals surface area (Å²) in [5.74, 6) is -2.11. The number of rotatable bonds is 8. The van der Waals surface area contributed by atoms with Crippen LogP contribution in [-0.2, 0) is 22.9 Å². The molecule has 0 radical (unpaired) electrons. The fourth-order valence-electron chi connectivity index (χ4n) is 7.72. The lowest BCUT2D eigenvalue weighted by Crippen LogP contribution is -2.64. The van der Waals surface area contributed by atoms with E-state index in [2.05, 4.69) is 20.3 Å². The van der Waals surface area contributed by atoms with Gasteiger partial charge in [-0.1, -0.05) is 17.3 Å². The first-order valence-electron chi connectivity index (χ1n) is 17.1. The van der Waals surface area contributed by atoms with Gasteiger partial charge in [0.15, 0.2) is 5.82 Å². The minimum atomic E-state index is -4.71. The van der Waals surface area contributed by atoms with E-state index < -0.39 is 64.1 Å². The third-order valence-corrected chi connectivity index (χ3v) is 11.4. The van der Waals surface area contributed by atoms with Crippen molar-refractivity contribution in [2.45, 2.75) is 75.1 Å². The number of amides is 2. The number of hydrogen-bond acceptors (Lipinski definition) is 7. The molecule has 2 saturated carbocycles. The normalized spacial score (nSPS) is 22.0. The van der Waals surface area contributed by atoms with Crippen molar-refractivity contribution >= 4 is 11.8 Å². The Bertz CT molecular complexity index is 2080.